The molecule has 1 aromatic rings. The van der Waals surface area contributed by atoms with Gasteiger partial charge in [0.15, 0.2) is 0 Å². The number of carbonyl (C=O) groups excluding carboxylic acids is 1. The Balaban J connectivity index is 2.57. The van der Waals surface area contributed by atoms with E-state index in [2.05, 4.69) is 35.6 Å². The number of aliphatic imine (C=N–C) groups is 1. The molecule has 1 N–H and O–H groups in total. The number of nitrogens with zero attached hydrogens (tertiary/aromatic N) is 4. The Labute approximate surface area is 187 Å². The number of rotatable bonds is 1. The summed E-state index contributed by atoms with van der Waals surface area (Å²) in [6, 6.07) is 2.75. The monoisotopic (exact) mass is 505 g/mol. The first-order chi connectivity index (χ1) is 13.9. The topological polar surface area (TPSA) is 96.3 Å². The fraction of sp³-hybridized carbons (Fsp3) is 0.632. The molecule has 8 nitrogen and oxygen atoms in total. The number of pyridine rings is 1. The number of carbonyl (C=O) groups is 1. The number of thiol groups is 1. The van der Waals surface area contributed by atoms with Gasteiger partial charge >= 0.3 is 6.09 Å². The van der Waals surface area contributed by atoms with Crippen molar-refractivity contribution in [2.45, 2.75) is 51.7 Å². The van der Waals surface area contributed by atoms with Crippen molar-refractivity contribution in [1.29, 1.82) is 0 Å². The molecule has 1 amide bonds. The number of halogens is 2. The van der Waals surface area contributed by atoms with Gasteiger partial charge in [0.2, 0.25) is 5.96 Å². The Hall–Kier alpha value is -1.75. The van der Waals surface area contributed by atoms with Crippen molar-refractivity contribution in [2.75, 3.05) is 25.9 Å². The Bertz CT molecular complexity index is 899. The molecule has 30 heavy (non-hydrogen) atoms. The largest absolute Gasteiger partial charge is 0.444 e. The number of ether oxygens (including phenoxy) is 1. The summed E-state index contributed by atoms with van der Waals surface area (Å²) >= 11 is 3.26. The number of hydrogen-bond acceptors (Lipinski definition) is 7. The van der Waals surface area contributed by atoms with Crippen LogP contribution in [0.2, 0.25) is 0 Å². The fourth-order valence-electron chi connectivity index (χ4n) is 2.86. The molecule has 0 radical (unpaired) electrons. The second kappa shape index (κ2) is 10.0. The van der Waals surface area contributed by atoms with Crippen LogP contribution in [-0.2, 0) is 20.9 Å². The molecule has 1 aliphatic heterocycles. The average Bonchev–Trinajstić information content (AvgIpc) is 2.62. The third kappa shape index (κ3) is 7.19. The molecule has 0 aliphatic carbocycles. The highest BCUT2D eigenvalue weighted by Crippen LogP contribution is 2.29. The Morgan fingerprint density at radius 3 is 2.73 bits per heavy atom. The molecular weight excluding hydrogens is 477 g/mol. The van der Waals surface area contributed by atoms with Crippen molar-refractivity contribution in [3.05, 3.63) is 28.2 Å². The first-order valence-electron chi connectivity index (χ1n) is 9.65. The van der Waals surface area contributed by atoms with E-state index in [4.69, 9.17) is 4.74 Å². The minimum absolute atomic E-state index is 0.0200. The molecule has 0 aromatic carbocycles. The summed E-state index contributed by atoms with van der Waals surface area (Å²) in [6.45, 7) is 7.93. The molecular formula is C19H29BrFN5O3S. The van der Waals surface area contributed by atoms with Gasteiger partial charge < -0.3 is 9.64 Å². The van der Waals surface area contributed by atoms with Gasteiger partial charge in [-0.1, -0.05) is 0 Å². The van der Waals surface area contributed by atoms with E-state index in [1.54, 1.807) is 39.6 Å². The third-order valence-corrected chi connectivity index (χ3v) is 6.10. The zero-order valence-corrected chi connectivity index (χ0v) is 20.4. The van der Waals surface area contributed by atoms with E-state index in [9.17, 15) is 13.4 Å². The summed E-state index contributed by atoms with van der Waals surface area (Å²) in [5.74, 6) is -0.434. The molecule has 2 rings (SSSR count). The molecule has 168 valence electrons. The smallest absolute Gasteiger partial charge is 0.414 e. The minimum atomic E-state index is -2.00. The van der Waals surface area contributed by atoms with Crippen LogP contribution in [0.15, 0.2) is 26.1 Å². The van der Waals surface area contributed by atoms with E-state index in [-0.39, 0.29) is 17.4 Å². The molecule has 0 fully saturated rings. The second-order valence-corrected chi connectivity index (χ2v) is 10.4. The maximum Gasteiger partial charge on any atom is 0.414 e. The van der Waals surface area contributed by atoms with Gasteiger partial charge in [-0.25, -0.2) is 23.5 Å². The van der Waals surface area contributed by atoms with Crippen molar-refractivity contribution in [3.63, 3.8) is 0 Å². The van der Waals surface area contributed by atoms with Gasteiger partial charge in [0, 0.05) is 30.7 Å². The van der Waals surface area contributed by atoms with Crippen LogP contribution in [0, 0.1) is 5.82 Å². The summed E-state index contributed by atoms with van der Waals surface area (Å²) in [6.07, 6.45) is 0.825. The number of alkyl carbamates (subject to hydrolysis) is 1. The summed E-state index contributed by atoms with van der Waals surface area (Å²) in [7, 11) is -0.228. The van der Waals surface area contributed by atoms with Gasteiger partial charge in [0.1, 0.15) is 27.3 Å². The zero-order valence-electron chi connectivity index (χ0n) is 17.9. The van der Waals surface area contributed by atoms with Crippen LogP contribution in [0.3, 0.4) is 0 Å². The van der Waals surface area contributed by atoms with E-state index in [1.165, 1.54) is 12.1 Å². The van der Waals surface area contributed by atoms with Gasteiger partial charge in [-0.15, -0.1) is 0 Å². The Morgan fingerprint density at radius 1 is 1.37 bits per heavy atom. The molecule has 1 aromatic heterocycles. The quantitative estimate of drug-likeness (QED) is 0.449. The van der Waals surface area contributed by atoms with Gasteiger partial charge in [-0.3, -0.25) is 9.53 Å². The van der Waals surface area contributed by atoms with Crippen molar-refractivity contribution < 1.29 is 18.1 Å². The molecule has 0 bridgehead atoms. The van der Waals surface area contributed by atoms with E-state index < -0.39 is 33.6 Å². The minimum Gasteiger partial charge on any atom is -0.444 e. The maximum atomic E-state index is 14.7. The highest BCUT2D eigenvalue weighted by molar-refractivity contribution is 9.10. The van der Waals surface area contributed by atoms with Crippen LogP contribution in [0.5, 0.6) is 0 Å². The molecule has 0 saturated carbocycles. The molecule has 0 spiro atoms. The summed E-state index contributed by atoms with van der Waals surface area (Å²) in [4.78, 5) is 23.1. The molecule has 1 unspecified atom stereocenters. The summed E-state index contributed by atoms with van der Waals surface area (Å²) in [5.41, 5.74) is -2.00. The van der Waals surface area contributed by atoms with E-state index in [0.717, 1.165) is 12.8 Å². The van der Waals surface area contributed by atoms with Crippen molar-refractivity contribution in [1.82, 2.24) is 15.2 Å². The predicted molar refractivity (Wildman–Crippen MR) is 120 cm³/mol. The molecule has 1 aliphatic rings. The lowest BCUT2D eigenvalue weighted by atomic mass is 10.00. The van der Waals surface area contributed by atoms with E-state index in [0.29, 0.717) is 17.7 Å². The van der Waals surface area contributed by atoms with Crippen LogP contribution in [-0.4, -0.2) is 57.6 Å². The number of nitrogens with one attached hydrogen (secondary N) is 1. The number of aromatic nitrogens is 1. The van der Waals surface area contributed by atoms with Crippen LogP contribution in [0.1, 0.15) is 46.2 Å². The summed E-state index contributed by atoms with van der Waals surface area (Å²) < 4.78 is 37.3. The fourth-order valence-corrected chi connectivity index (χ4v) is 4.38. The zero-order chi connectivity index (χ0) is 22.5. The highest BCUT2D eigenvalue weighted by Gasteiger charge is 2.34. The van der Waals surface area contributed by atoms with E-state index in [1.807, 2.05) is 0 Å². The average molecular weight is 506 g/mol. The van der Waals surface area contributed by atoms with Crippen LogP contribution in [0.25, 0.3) is 0 Å². The first kappa shape index (κ1) is 24.5. The van der Waals surface area contributed by atoms with Crippen LogP contribution >= 0.6 is 15.9 Å². The van der Waals surface area contributed by atoms with Crippen molar-refractivity contribution in [2.24, 2.45) is 9.36 Å². The lowest BCUT2D eigenvalue weighted by molar-refractivity contribution is 0.0556. The molecule has 0 saturated heterocycles. The van der Waals surface area contributed by atoms with Gasteiger partial charge in [-0.05, 0) is 68.6 Å². The van der Waals surface area contributed by atoms with Crippen molar-refractivity contribution >= 4 is 38.6 Å². The third-order valence-electron chi connectivity index (χ3n) is 4.25. The van der Waals surface area contributed by atoms with Gasteiger partial charge in [0.25, 0.3) is 0 Å². The summed E-state index contributed by atoms with van der Waals surface area (Å²) in [5, 5.41) is 2.66. The lowest BCUT2D eigenvalue weighted by Crippen LogP contribution is -2.46. The highest BCUT2D eigenvalue weighted by atomic mass is 79.9. The predicted octanol–water partition coefficient (Wildman–Crippen LogP) is 3.47. The van der Waals surface area contributed by atoms with E-state index >= 15 is 0 Å². The number of amides is 1. The number of guanidine groups is 1. The molecule has 2 heterocycles. The molecule has 11 heteroatoms. The lowest BCUT2D eigenvalue weighted by Gasteiger charge is -2.29. The molecule has 2 atom stereocenters. The van der Waals surface area contributed by atoms with Gasteiger partial charge in [-0.2, -0.15) is 0 Å². The van der Waals surface area contributed by atoms with Crippen LogP contribution in [0.4, 0.5) is 9.18 Å². The SMILES string of the molecule is CN1CCCC/N=[SH](=O)/C[C@@](C)(c2nc(Br)ccc2F)/N=C\1NC(=O)OC(C)(C)C. The normalized spacial score (nSPS) is 25.9. The Morgan fingerprint density at radius 2 is 2.07 bits per heavy atom. The first-order valence-corrected chi connectivity index (χ1v) is 11.8. The Kier molecular flexibility index (Phi) is 8.20. The second-order valence-electron chi connectivity index (χ2n) is 8.30. The number of hydrogen-bond donors (Lipinski definition) is 2. The van der Waals surface area contributed by atoms with Crippen LogP contribution < -0.4 is 5.32 Å². The maximum absolute atomic E-state index is 14.7. The van der Waals surface area contributed by atoms with Gasteiger partial charge in [0.05, 0.1) is 5.75 Å². The standard InChI is InChI=1S/C19H29BrFN5O3S/c1-18(2,3)29-17(27)24-16-25-19(4,15-13(21)8-9-14(20)23-15)12-30(28)22-10-6-7-11-26(16)5/h8-9,30H,6-7,10-12H2,1-5H3,(H,24,25,27)/t19-/m0/s1. The van der Waals surface area contributed by atoms with Crippen molar-refractivity contribution in [3.8, 4) is 0 Å².